The highest BCUT2D eigenvalue weighted by Crippen LogP contribution is 2.33. The van der Waals surface area contributed by atoms with Crippen molar-refractivity contribution in [2.24, 2.45) is 4.99 Å². The van der Waals surface area contributed by atoms with Crippen LogP contribution in [0.2, 0.25) is 0 Å². The predicted molar refractivity (Wildman–Crippen MR) is 120 cm³/mol. The van der Waals surface area contributed by atoms with E-state index in [1.165, 1.54) is 18.3 Å². The standard InChI is InChI=1S/C24H20N2O5S/c1-13-21(14(2)27)22(16-5-7-17(29-3)8-6-16)26-23(28)20(32-24(26)25-13)11-15-4-9-18-19(10-15)31-12-30-18/h4-11,22H,12H2,1-3H3/t22-/m1/s1. The van der Waals surface area contributed by atoms with Crippen LogP contribution in [0.15, 0.2) is 63.5 Å². The van der Waals surface area contributed by atoms with Gasteiger partial charge in [-0.3, -0.25) is 14.2 Å². The second-order valence-corrected chi connectivity index (χ2v) is 8.53. The number of carbonyl (C=O) groups excluding carboxylic acids is 1. The topological polar surface area (TPSA) is 79.1 Å². The quantitative estimate of drug-likeness (QED) is 0.613. The van der Waals surface area contributed by atoms with E-state index in [-0.39, 0.29) is 18.1 Å². The third kappa shape index (κ3) is 3.33. The highest BCUT2D eigenvalue weighted by atomic mass is 32.1. The van der Waals surface area contributed by atoms with Crippen molar-refractivity contribution in [3.05, 3.63) is 84.5 Å². The van der Waals surface area contributed by atoms with Gasteiger partial charge in [-0.25, -0.2) is 4.99 Å². The summed E-state index contributed by atoms with van der Waals surface area (Å²) in [5.74, 6) is 1.92. The largest absolute Gasteiger partial charge is 0.497 e. The molecule has 8 heteroatoms. The minimum atomic E-state index is -0.548. The summed E-state index contributed by atoms with van der Waals surface area (Å²) in [6, 6.07) is 12.4. The van der Waals surface area contributed by atoms with Gasteiger partial charge < -0.3 is 14.2 Å². The van der Waals surface area contributed by atoms with Crippen molar-refractivity contribution in [3.63, 3.8) is 0 Å². The van der Waals surface area contributed by atoms with Crippen LogP contribution >= 0.6 is 11.3 Å². The van der Waals surface area contributed by atoms with Gasteiger partial charge in [-0.1, -0.05) is 29.5 Å². The van der Waals surface area contributed by atoms with Gasteiger partial charge in [0, 0.05) is 11.3 Å². The zero-order chi connectivity index (χ0) is 22.4. The van der Waals surface area contributed by atoms with Crippen molar-refractivity contribution in [2.45, 2.75) is 19.9 Å². The van der Waals surface area contributed by atoms with Gasteiger partial charge in [0.15, 0.2) is 22.1 Å². The third-order valence-corrected chi connectivity index (χ3v) is 6.51. The molecule has 3 aromatic rings. The minimum Gasteiger partial charge on any atom is -0.497 e. The fourth-order valence-corrected chi connectivity index (χ4v) is 5.07. The molecule has 2 aliphatic heterocycles. The number of carbonyl (C=O) groups is 1. The number of ether oxygens (including phenoxy) is 3. The molecule has 3 heterocycles. The lowest BCUT2D eigenvalue weighted by Gasteiger charge is -2.24. The van der Waals surface area contributed by atoms with Gasteiger partial charge in [-0.15, -0.1) is 0 Å². The summed E-state index contributed by atoms with van der Waals surface area (Å²) in [6.07, 6.45) is 1.81. The van der Waals surface area contributed by atoms with E-state index in [1.54, 1.807) is 11.7 Å². The van der Waals surface area contributed by atoms with Crippen LogP contribution in [-0.2, 0) is 4.79 Å². The maximum Gasteiger partial charge on any atom is 0.271 e. The first-order chi connectivity index (χ1) is 15.5. The number of thiazole rings is 1. The molecule has 0 N–H and O–H groups in total. The van der Waals surface area contributed by atoms with Gasteiger partial charge in [0.2, 0.25) is 6.79 Å². The van der Waals surface area contributed by atoms with Crippen LogP contribution in [0.3, 0.4) is 0 Å². The van der Waals surface area contributed by atoms with Crippen LogP contribution < -0.4 is 29.1 Å². The van der Waals surface area contributed by atoms with Gasteiger partial charge in [0.25, 0.3) is 5.56 Å². The molecule has 0 fully saturated rings. The van der Waals surface area contributed by atoms with E-state index in [1.807, 2.05) is 55.5 Å². The summed E-state index contributed by atoms with van der Waals surface area (Å²) < 4.78 is 18.2. The second-order valence-electron chi connectivity index (χ2n) is 7.52. The van der Waals surface area contributed by atoms with Crippen molar-refractivity contribution < 1.29 is 19.0 Å². The molecule has 1 atom stereocenters. The number of methoxy groups -OCH3 is 1. The molecule has 32 heavy (non-hydrogen) atoms. The van der Waals surface area contributed by atoms with E-state index >= 15 is 0 Å². The zero-order valence-electron chi connectivity index (χ0n) is 17.7. The number of aromatic nitrogens is 1. The Morgan fingerprint density at radius 3 is 2.66 bits per heavy atom. The lowest BCUT2D eigenvalue weighted by molar-refractivity contribution is -0.114. The molecule has 7 nitrogen and oxygen atoms in total. The monoisotopic (exact) mass is 448 g/mol. The van der Waals surface area contributed by atoms with E-state index in [9.17, 15) is 9.59 Å². The Balaban J connectivity index is 1.69. The first-order valence-electron chi connectivity index (χ1n) is 10.0. The van der Waals surface area contributed by atoms with Crippen molar-refractivity contribution in [3.8, 4) is 17.2 Å². The summed E-state index contributed by atoms with van der Waals surface area (Å²) in [7, 11) is 1.60. The molecule has 0 unspecified atom stereocenters. The predicted octanol–water partition coefficient (Wildman–Crippen LogP) is 2.56. The molecule has 0 bridgehead atoms. The Morgan fingerprint density at radius 1 is 1.19 bits per heavy atom. The molecule has 2 aromatic carbocycles. The van der Waals surface area contributed by atoms with E-state index in [0.717, 1.165) is 11.1 Å². The Kier molecular flexibility index (Phi) is 4.94. The molecular weight excluding hydrogens is 428 g/mol. The van der Waals surface area contributed by atoms with Crippen molar-refractivity contribution in [2.75, 3.05) is 13.9 Å². The minimum absolute atomic E-state index is 0.114. The first kappa shape index (κ1) is 20.3. The smallest absolute Gasteiger partial charge is 0.271 e. The van der Waals surface area contributed by atoms with E-state index in [2.05, 4.69) is 4.99 Å². The lowest BCUT2D eigenvalue weighted by atomic mass is 9.93. The molecule has 5 rings (SSSR count). The van der Waals surface area contributed by atoms with Crippen molar-refractivity contribution >= 4 is 23.2 Å². The van der Waals surface area contributed by atoms with E-state index in [0.29, 0.717) is 37.9 Å². The molecule has 0 saturated heterocycles. The molecular formula is C24H20N2O5S. The number of ketones is 1. The summed E-state index contributed by atoms with van der Waals surface area (Å²) in [5, 5.41) is 0. The van der Waals surface area contributed by atoms with Gasteiger partial charge in [0.1, 0.15) is 5.75 Å². The number of hydrogen-bond acceptors (Lipinski definition) is 7. The summed E-state index contributed by atoms with van der Waals surface area (Å²) in [4.78, 5) is 31.2. The summed E-state index contributed by atoms with van der Waals surface area (Å²) >= 11 is 1.30. The van der Waals surface area contributed by atoms with Gasteiger partial charge in [0.05, 0.1) is 17.7 Å². The van der Waals surface area contributed by atoms with Crippen LogP contribution in [-0.4, -0.2) is 24.3 Å². The third-order valence-electron chi connectivity index (χ3n) is 5.53. The Labute approximate surface area is 187 Å². The number of fused-ring (bicyclic) bond motifs is 2. The Morgan fingerprint density at radius 2 is 1.94 bits per heavy atom. The van der Waals surface area contributed by atoms with Crippen molar-refractivity contribution in [1.29, 1.82) is 0 Å². The number of benzene rings is 2. The normalized spacial score (nSPS) is 17.2. The molecule has 2 aliphatic rings. The van der Waals surface area contributed by atoms with E-state index in [4.69, 9.17) is 14.2 Å². The van der Waals surface area contributed by atoms with Crippen LogP contribution in [0.5, 0.6) is 17.2 Å². The fraction of sp³-hybridized carbons (Fsp3) is 0.208. The average Bonchev–Trinajstić information content (AvgIpc) is 3.36. The second kappa shape index (κ2) is 7.80. The van der Waals surface area contributed by atoms with Crippen LogP contribution in [0.25, 0.3) is 6.08 Å². The highest BCUT2D eigenvalue weighted by Gasteiger charge is 2.30. The van der Waals surface area contributed by atoms with Gasteiger partial charge >= 0.3 is 0 Å². The van der Waals surface area contributed by atoms with Gasteiger partial charge in [-0.05, 0) is 55.3 Å². The number of Topliss-reactive ketones (excluding diaryl/α,β-unsaturated/α-hetero) is 1. The molecule has 0 radical (unpaired) electrons. The summed E-state index contributed by atoms with van der Waals surface area (Å²) in [5.41, 5.74) is 2.58. The molecule has 1 aromatic heterocycles. The van der Waals surface area contributed by atoms with Gasteiger partial charge in [-0.2, -0.15) is 0 Å². The number of hydrogen-bond donors (Lipinski definition) is 0. The van der Waals surface area contributed by atoms with Crippen LogP contribution in [0.4, 0.5) is 0 Å². The first-order valence-corrected chi connectivity index (χ1v) is 10.8. The van der Waals surface area contributed by atoms with Crippen LogP contribution in [0.1, 0.15) is 31.0 Å². The van der Waals surface area contributed by atoms with E-state index < -0.39 is 6.04 Å². The number of rotatable bonds is 4. The molecule has 162 valence electrons. The SMILES string of the molecule is COc1ccc([C@@H]2C(C(C)=O)=C(C)N=c3sc(=Cc4ccc5c(c4)OCO5)c(=O)n32)cc1. The van der Waals surface area contributed by atoms with Crippen molar-refractivity contribution in [1.82, 2.24) is 4.57 Å². The lowest BCUT2D eigenvalue weighted by Crippen LogP contribution is -2.39. The maximum atomic E-state index is 13.5. The maximum absolute atomic E-state index is 13.5. The highest BCUT2D eigenvalue weighted by molar-refractivity contribution is 7.07. The number of allylic oxidation sites excluding steroid dienone is 2. The van der Waals surface area contributed by atoms with Crippen LogP contribution in [0, 0.1) is 0 Å². The molecule has 0 spiro atoms. The zero-order valence-corrected chi connectivity index (χ0v) is 18.6. The average molecular weight is 449 g/mol. The Bertz CT molecular complexity index is 1450. The molecule has 0 saturated carbocycles. The fourth-order valence-electron chi connectivity index (χ4n) is 4.03. The molecule has 0 amide bonds. The Hall–Kier alpha value is -3.65. The molecule has 0 aliphatic carbocycles. The number of nitrogens with zero attached hydrogens (tertiary/aromatic N) is 2. The summed E-state index contributed by atoms with van der Waals surface area (Å²) in [6.45, 7) is 3.50.